The lowest BCUT2D eigenvalue weighted by molar-refractivity contribution is 0.0907. The van der Waals surface area contributed by atoms with Gasteiger partial charge < -0.3 is 5.11 Å². The lowest BCUT2D eigenvalue weighted by Gasteiger charge is -2.28. The number of hydrogen-bond donors (Lipinski definition) is 1. The van der Waals surface area contributed by atoms with Gasteiger partial charge in [0, 0.05) is 30.2 Å². The molecule has 0 bridgehead atoms. The Morgan fingerprint density at radius 1 is 1.15 bits per heavy atom. The second-order valence-electron chi connectivity index (χ2n) is 7.39. The minimum atomic E-state index is -3.66. The lowest BCUT2D eigenvalue weighted by atomic mass is 9.76. The quantitative estimate of drug-likeness (QED) is 0.841. The van der Waals surface area contributed by atoms with Crippen molar-refractivity contribution in [2.24, 2.45) is 0 Å². The van der Waals surface area contributed by atoms with E-state index in [2.05, 4.69) is 0 Å². The van der Waals surface area contributed by atoms with Gasteiger partial charge in [-0.3, -0.25) is 0 Å². The molecule has 0 radical (unpaired) electrons. The van der Waals surface area contributed by atoms with Crippen molar-refractivity contribution in [2.75, 3.05) is 6.26 Å². The maximum Gasteiger partial charge on any atom is 0.175 e. The molecule has 27 heavy (non-hydrogen) atoms. The number of alkyl halides is 1. The highest BCUT2D eigenvalue weighted by atomic mass is 32.2. The first kappa shape index (κ1) is 18.5. The molecule has 3 nitrogen and oxygen atoms in total. The summed E-state index contributed by atoms with van der Waals surface area (Å²) >= 11 is 0. The summed E-state index contributed by atoms with van der Waals surface area (Å²) in [6, 6.07) is 5.11. The Hall–Kier alpha value is -1.86. The first-order valence-corrected chi connectivity index (χ1v) is 10.7. The van der Waals surface area contributed by atoms with E-state index < -0.39 is 39.7 Å². The second kappa shape index (κ2) is 6.34. The van der Waals surface area contributed by atoms with Crippen molar-refractivity contribution in [1.29, 1.82) is 0 Å². The SMILES string of the molecule is CS(=O)(=O)c1ccc([C@H]2CCCc3cc(F)cc(F)c32)c2c1[C@H](O)[C@H](F)C2. The van der Waals surface area contributed by atoms with Crippen LogP contribution >= 0.6 is 0 Å². The van der Waals surface area contributed by atoms with Crippen LogP contribution in [-0.4, -0.2) is 26.0 Å². The predicted octanol–water partition coefficient (Wildman–Crippen LogP) is 3.76. The van der Waals surface area contributed by atoms with Crippen LogP contribution in [0.15, 0.2) is 29.2 Å². The molecule has 2 aromatic carbocycles. The topological polar surface area (TPSA) is 54.4 Å². The van der Waals surface area contributed by atoms with Crippen molar-refractivity contribution in [3.8, 4) is 0 Å². The number of aliphatic hydroxyl groups excluding tert-OH is 1. The number of sulfone groups is 1. The van der Waals surface area contributed by atoms with Gasteiger partial charge in [0.2, 0.25) is 0 Å². The fourth-order valence-electron chi connectivity index (χ4n) is 4.54. The van der Waals surface area contributed by atoms with Crippen LogP contribution in [0.4, 0.5) is 13.2 Å². The fourth-order valence-corrected chi connectivity index (χ4v) is 5.50. The third kappa shape index (κ3) is 2.97. The summed E-state index contributed by atoms with van der Waals surface area (Å²) in [5, 5.41) is 10.2. The Balaban J connectivity index is 1.94. The predicted molar refractivity (Wildman–Crippen MR) is 94.3 cm³/mol. The first-order chi connectivity index (χ1) is 12.7. The number of benzene rings is 2. The van der Waals surface area contributed by atoms with Crippen molar-refractivity contribution in [3.63, 3.8) is 0 Å². The molecule has 0 saturated heterocycles. The van der Waals surface area contributed by atoms with E-state index in [-0.39, 0.29) is 16.9 Å². The van der Waals surface area contributed by atoms with Crippen LogP contribution in [0.25, 0.3) is 0 Å². The number of aliphatic hydroxyl groups is 1. The summed E-state index contributed by atoms with van der Waals surface area (Å²) in [7, 11) is -3.66. The van der Waals surface area contributed by atoms with E-state index in [1.54, 1.807) is 6.07 Å². The lowest BCUT2D eigenvalue weighted by Crippen LogP contribution is -2.16. The van der Waals surface area contributed by atoms with Crippen molar-refractivity contribution in [3.05, 3.63) is 63.7 Å². The van der Waals surface area contributed by atoms with Gasteiger partial charge in [0.1, 0.15) is 23.9 Å². The Morgan fingerprint density at radius 3 is 2.59 bits per heavy atom. The Bertz CT molecular complexity index is 1030. The van der Waals surface area contributed by atoms with Crippen LogP contribution in [0, 0.1) is 11.6 Å². The Morgan fingerprint density at radius 2 is 1.89 bits per heavy atom. The second-order valence-corrected chi connectivity index (χ2v) is 9.37. The highest BCUT2D eigenvalue weighted by Crippen LogP contribution is 2.46. The number of hydrogen-bond acceptors (Lipinski definition) is 3. The van der Waals surface area contributed by atoms with Crippen LogP contribution in [0.5, 0.6) is 0 Å². The average Bonchev–Trinajstić information content (AvgIpc) is 2.87. The molecule has 0 aliphatic heterocycles. The molecule has 2 aliphatic carbocycles. The van der Waals surface area contributed by atoms with Gasteiger partial charge in [0.15, 0.2) is 9.84 Å². The summed E-state index contributed by atoms with van der Waals surface area (Å²) in [6.45, 7) is 0. The molecule has 7 heteroatoms. The third-order valence-corrected chi connectivity index (χ3v) is 6.79. The molecular formula is C20H19F3O3S. The van der Waals surface area contributed by atoms with Crippen LogP contribution in [0.3, 0.4) is 0 Å². The van der Waals surface area contributed by atoms with Crippen LogP contribution < -0.4 is 0 Å². The van der Waals surface area contributed by atoms with E-state index in [1.165, 1.54) is 12.1 Å². The van der Waals surface area contributed by atoms with Gasteiger partial charge in [0.05, 0.1) is 4.90 Å². The molecule has 1 N–H and O–H groups in total. The molecule has 2 aliphatic rings. The largest absolute Gasteiger partial charge is 0.385 e. The highest BCUT2D eigenvalue weighted by Gasteiger charge is 2.39. The molecule has 3 atom stereocenters. The molecule has 144 valence electrons. The van der Waals surface area contributed by atoms with Crippen molar-refractivity contribution < 1.29 is 26.7 Å². The molecule has 0 fully saturated rings. The molecule has 0 heterocycles. The zero-order chi connectivity index (χ0) is 19.5. The summed E-state index contributed by atoms with van der Waals surface area (Å²) in [5.74, 6) is -1.70. The minimum Gasteiger partial charge on any atom is -0.385 e. The summed E-state index contributed by atoms with van der Waals surface area (Å²) in [4.78, 5) is -0.0930. The third-order valence-electron chi connectivity index (χ3n) is 5.63. The van der Waals surface area contributed by atoms with Crippen LogP contribution in [-0.2, 0) is 22.7 Å². The van der Waals surface area contributed by atoms with E-state index >= 15 is 0 Å². The van der Waals surface area contributed by atoms with E-state index in [1.807, 2.05) is 0 Å². The molecule has 0 saturated carbocycles. The number of halogens is 3. The maximum absolute atomic E-state index is 14.6. The van der Waals surface area contributed by atoms with Crippen LogP contribution in [0.2, 0.25) is 0 Å². The van der Waals surface area contributed by atoms with E-state index in [0.717, 1.165) is 12.3 Å². The average molecular weight is 396 g/mol. The maximum atomic E-state index is 14.6. The highest BCUT2D eigenvalue weighted by molar-refractivity contribution is 7.90. The normalized spacial score (nSPS) is 24.6. The summed E-state index contributed by atoms with van der Waals surface area (Å²) in [6.07, 6.45) is -0.382. The minimum absolute atomic E-state index is 0.0807. The van der Waals surface area contributed by atoms with Crippen molar-refractivity contribution in [2.45, 2.75) is 48.8 Å². The molecule has 4 rings (SSSR count). The molecule has 0 unspecified atom stereocenters. The van der Waals surface area contributed by atoms with Crippen LogP contribution in [0.1, 0.15) is 52.7 Å². The molecule has 2 aromatic rings. The standard InChI is InChI=1S/C20H19F3O3S/c1-27(25,26)17-6-5-12(14-9-16(23)20(24)19(14)17)13-4-2-3-10-7-11(21)8-15(22)18(10)13/h5-8,13,16,20,24H,2-4,9H2,1H3/t13-,16-,20-/m1/s1. The van der Waals surface area contributed by atoms with Gasteiger partial charge in [-0.2, -0.15) is 0 Å². The zero-order valence-electron chi connectivity index (χ0n) is 14.7. The van der Waals surface area contributed by atoms with E-state index in [4.69, 9.17) is 0 Å². The van der Waals surface area contributed by atoms with Gasteiger partial charge in [0.25, 0.3) is 0 Å². The molecule has 0 aromatic heterocycles. The van der Waals surface area contributed by atoms with E-state index in [0.29, 0.717) is 41.5 Å². The van der Waals surface area contributed by atoms with Gasteiger partial charge in [-0.05, 0) is 53.6 Å². The first-order valence-electron chi connectivity index (χ1n) is 8.84. The fraction of sp³-hybridized carbons (Fsp3) is 0.400. The molecule has 0 amide bonds. The smallest absolute Gasteiger partial charge is 0.175 e. The molecular weight excluding hydrogens is 377 g/mol. The van der Waals surface area contributed by atoms with Gasteiger partial charge >= 0.3 is 0 Å². The van der Waals surface area contributed by atoms with E-state index in [9.17, 15) is 26.7 Å². The summed E-state index contributed by atoms with van der Waals surface area (Å²) < 4.78 is 66.6. The van der Waals surface area contributed by atoms with Crippen molar-refractivity contribution in [1.82, 2.24) is 0 Å². The van der Waals surface area contributed by atoms with Gasteiger partial charge in [-0.1, -0.05) is 6.07 Å². The Labute approximate surface area is 155 Å². The Kier molecular flexibility index (Phi) is 4.35. The number of rotatable bonds is 2. The van der Waals surface area contributed by atoms with Crippen molar-refractivity contribution >= 4 is 9.84 Å². The zero-order valence-corrected chi connectivity index (χ0v) is 15.5. The summed E-state index contributed by atoms with van der Waals surface area (Å²) in [5.41, 5.74) is 2.09. The van der Waals surface area contributed by atoms with Gasteiger partial charge in [-0.25, -0.2) is 21.6 Å². The monoisotopic (exact) mass is 396 g/mol. The molecule has 0 spiro atoms. The number of fused-ring (bicyclic) bond motifs is 2. The van der Waals surface area contributed by atoms with Gasteiger partial charge in [-0.15, -0.1) is 0 Å². The number of aryl methyl sites for hydroxylation is 1.